The fraction of sp³-hybridized carbons (Fsp3) is 0.182. The fourth-order valence-corrected chi connectivity index (χ4v) is 3.49. The molecule has 0 radical (unpaired) electrons. The van der Waals surface area contributed by atoms with Gasteiger partial charge in [0.1, 0.15) is 0 Å². The third-order valence-electron chi connectivity index (χ3n) is 2.31. The van der Waals surface area contributed by atoms with Crippen LogP contribution in [0.4, 0.5) is 0 Å². The highest BCUT2D eigenvalue weighted by molar-refractivity contribution is 9.10. The number of hydrogen-bond acceptors (Lipinski definition) is 6. The van der Waals surface area contributed by atoms with Crippen LogP contribution in [0.25, 0.3) is 0 Å². The maximum absolute atomic E-state index is 11.7. The Morgan fingerprint density at radius 3 is 2.80 bits per heavy atom. The van der Waals surface area contributed by atoms with Crippen molar-refractivity contribution < 1.29 is 13.2 Å². The number of sulfone groups is 1. The molecule has 1 aromatic carbocycles. The first kappa shape index (κ1) is 15.2. The molecule has 20 heavy (non-hydrogen) atoms. The van der Waals surface area contributed by atoms with Gasteiger partial charge in [-0.1, -0.05) is 33.8 Å². The Bertz CT molecular complexity index is 714. The smallest absolute Gasteiger partial charge is 0.236 e. The number of benzene rings is 1. The summed E-state index contributed by atoms with van der Waals surface area (Å²) in [6, 6.07) is 4.86. The minimum absolute atomic E-state index is 0.121. The van der Waals surface area contributed by atoms with Gasteiger partial charge >= 0.3 is 0 Å². The molecule has 1 amide bonds. The maximum Gasteiger partial charge on any atom is 0.236 e. The van der Waals surface area contributed by atoms with Crippen LogP contribution in [0, 0.1) is 0 Å². The predicted octanol–water partition coefficient (Wildman–Crippen LogP) is 1.41. The number of nitrogens with one attached hydrogen (secondary N) is 1. The van der Waals surface area contributed by atoms with Crippen molar-refractivity contribution in [1.29, 1.82) is 0 Å². The first-order valence-electron chi connectivity index (χ1n) is 5.39. The third-order valence-corrected chi connectivity index (χ3v) is 4.82. The molecule has 0 unspecified atom stereocenters. The van der Waals surface area contributed by atoms with Crippen molar-refractivity contribution in [2.24, 2.45) is 10.2 Å². The van der Waals surface area contributed by atoms with Gasteiger partial charge in [0.15, 0.2) is 15.0 Å². The molecular formula is C11H10BrN3O3S2. The van der Waals surface area contributed by atoms with E-state index in [2.05, 4.69) is 31.4 Å². The first-order valence-corrected chi connectivity index (χ1v) is 9.06. The number of halogens is 1. The lowest BCUT2D eigenvalue weighted by atomic mass is 10.2. The molecule has 0 aromatic heterocycles. The molecule has 0 spiro atoms. The van der Waals surface area contributed by atoms with Crippen LogP contribution in [0.3, 0.4) is 0 Å². The van der Waals surface area contributed by atoms with Crippen LogP contribution >= 0.6 is 27.7 Å². The van der Waals surface area contributed by atoms with E-state index < -0.39 is 9.84 Å². The average molecular weight is 376 g/mol. The van der Waals surface area contributed by atoms with Crippen molar-refractivity contribution in [3.63, 3.8) is 0 Å². The van der Waals surface area contributed by atoms with E-state index in [0.717, 1.165) is 6.26 Å². The number of amidine groups is 1. The van der Waals surface area contributed by atoms with Crippen molar-refractivity contribution in [3.05, 3.63) is 28.2 Å². The summed E-state index contributed by atoms with van der Waals surface area (Å²) in [5, 5.41) is 10.6. The van der Waals surface area contributed by atoms with Gasteiger partial charge in [-0.25, -0.2) is 8.42 Å². The quantitative estimate of drug-likeness (QED) is 0.638. The zero-order valence-corrected chi connectivity index (χ0v) is 13.5. The molecule has 1 heterocycles. The van der Waals surface area contributed by atoms with Gasteiger partial charge in [-0.2, -0.15) is 5.10 Å². The lowest BCUT2D eigenvalue weighted by Crippen LogP contribution is -2.19. The molecular weight excluding hydrogens is 366 g/mol. The molecule has 106 valence electrons. The predicted molar refractivity (Wildman–Crippen MR) is 82.9 cm³/mol. The molecule has 0 saturated carbocycles. The van der Waals surface area contributed by atoms with Crippen LogP contribution in [0.5, 0.6) is 0 Å². The Hall–Kier alpha value is -1.19. The summed E-state index contributed by atoms with van der Waals surface area (Å²) in [5.41, 5.74) is 0.439. The van der Waals surface area contributed by atoms with Gasteiger partial charge < -0.3 is 5.32 Å². The Kier molecular flexibility index (Phi) is 4.61. The van der Waals surface area contributed by atoms with Gasteiger partial charge in [0.2, 0.25) is 5.91 Å². The van der Waals surface area contributed by atoms with Crippen molar-refractivity contribution in [2.45, 2.75) is 4.90 Å². The zero-order chi connectivity index (χ0) is 14.8. The maximum atomic E-state index is 11.7. The highest BCUT2D eigenvalue weighted by atomic mass is 79.9. The average Bonchev–Trinajstić information content (AvgIpc) is 2.76. The third kappa shape index (κ3) is 3.90. The van der Waals surface area contributed by atoms with E-state index in [1.807, 2.05) is 0 Å². The molecule has 6 nitrogen and oxygen atoms in total. The number of nitrogens with zero attached hydrogens (tertiary/aromatic N) is 2. The SMILES string of the molecule is CS(=O)(=O)c1cc(Br)ccc1C=NN=C1NC(=O)CS1. The molecule has 1 saturated heterocycles. The number of carbonyl (C=O) groups is 1. The van der Waals surface area contributed by atoms with Gasteiger partial charge in [0, 0.05) is 16.3 Å². The number of amides is 1. The van der Waals surface area contributed by atoms with E-state index in [9.17, 15) is 13.2 Å². The molecule has 1 aliphatic heterocycles. The molecule has 2 rings (SSSR count). The topological polar surface area (TPSA) is 88.0 Å². The summed E-state index contributed by atoms with van der Waals surface area (Å²) >= 11 is 4.48. The Labute approximate surface area is 128 Å². The number of thioether (sulfide) groups is 1. The summed E-state index contributed by atoms with van der Waals surface area (Å²) in [6.45, 7) is 0. The van der Waals surface area contributed by atoms with Crippen LogP contribution in [0.2, 0.25) is 0 Å². The fourth-order valence-electron chi connectivity index (χ4n) is 1.46. The Balaban J connectivity index is 2.28. The molecule has 0 aliphatic carbocycles. The van der Waals surface area contributed by atoms with E-state index in [1.165, 1.54) is 24.0 Å². The van der Waals surface area contributed by atoms with E-state index in [0.29, 0.717) is 21.0 Å². The number of rotatable bonds is 3. The standard InChI is InChI=1S/C11H10BrN3O3S2/c1-20(17,18)9-4-8(12)3-2-7(9)5-13-15-11-14-10(16)6-19-11/h2-5H,6H2,1H3,(H,14,15,16). The highest BCUT2D eigenvalue weighted by Gasteiger charge is 2.16. The summed E-state index contributed by atoms with van der Waals surface area (Å²) in [6.07, 6.45) is 2.48. The molecule has 1 N–H and O–H groups in total. The minimum atomic E-state index is -3.36. The normalized spacial score (nSPS) is 17.9. The van der Waals surface area contributed by atoms with Gasteiger partial charge in [-0.05, 0) is 12.1 Å². The molecule has 9 heteroatoms. The van der Waals surface area contributed by atoms with Crippen LogP contribution in [-0.4, -0.2) is 37.7 Å². The monoisotopic (exact) mass is 375 g/mol. The van der Waals surface area contributed by atoms with Crippen LogP contribution in [0.15, 0.2) is 37.8 Å². The summed E-state index contributed by atoms with van der Waals surface area (Å²) < 4.78 is 24.0. The second-order valence-electron chi connectivity index (χ2n) is 3.94. The van der Waals surface area contributed by atoms with E-state index in [-0.39, 0.29) is 10.8 Å². The van der Waals surface area contributed by atoms with Crippen LogP contribution in [-0.2, 0) is 14.6 Å². The van der Waals surface area contributed by atoms with E-state index in [1.54, 1.807) is 12.1 Å². The van der Waals surface area contributed by atoms with Crippen molar-refractivity contribution in [3.8, 4) is 0 Å². The largest absolute Gasteiger partial charge is 0.303 e. The Morgan fingerprint density at radius 2 is 2.20 bits per heavy atom. The number of carbonyl (C=O) groups excluding carboxylic acids is 1. The first-order chi connectivity index (χ1) is 9.36. The van der Waals surface area contributed by atoms with Gasteiger partial charge in [0.25, 0.3) is 0 Å². The summed E-state index contributed by atoms with van der Waals surface area (Å²) in [5.74, 6) is 0.200. The van der Waals surface area contributed by atoms with Gasteiger partial charge in [0.05, 0.1) is 16.9 Å². The van der Waals surface area contributed by atoms with Crippen molar-refractivity contribution in [1.82, 2.24) is 5.32 Å². The van der Waals surface area contributed by atoms with Gasteiger partial charge in [-0.3, -0.25) is 4.79 Å². The lowest BCUT2D eigenvalue weighted by Gasteiger charge is -2.03. The molecule has 0 bridgehead atoms. The van der Waals surface area contributed by atoms with E-state index >= 15 is 0 Å². The second-order valence-corrected chi connectivity index (χ2v) is 7.80. The van der Waals surface area contributed by atoms with E-state index in [4.69, 9.17) is 0 Å². The summed E-state index contributed by atoms with van der Waals surface area (Å²) in [4.78, 5) is 11.1. The molecule has 0 atom stereocenters. The van der Waals surface area contributed by atoms with Crippen molar-refractivity contribution >= 4 is 54.8 Å². The molecule has 1 aromatic rings. The lowest BCUT2D eigenvalue weighted by molar-refractivity contribution is -0.116. The second kappa shape index (κ2) is 6.06. The number of hydrogen-bond donors (Lipinski definition) is 1. The molecule has 1 fully saturated rings. The van der Waals surface area contributed by atoms with Crippen LogP contribution < -0.4 is 5.32 Å². The zero-order valence-electron chi connectivity index (χ0n) is 10.3. The van der Waals surface area contributed by atoms with Crippen molar-refractivity contribution in [2.75, 3.05) is 12.0 Å². The highest BCUT2D eigenvalue weighted by Crippen LogP contribution is 2.20. The summed E-state index contributed by atoms with van der Waals surface area (Å²) in [7, 11) is -3.36. The Morgan fingerprint density at radius 1 is 1.45 bits per heavy atom. The van der Waals surface area contributed by atoms with Gasteiger partial charge in [-0.15, -0.1) is 5.10 Å². The minimum Gasteiger partial charge on any atom is -0.303 e. The van der Waals surface area contributed by atoms with Crippen LogP contribution in [0.1, 0.15) is 5.56 Å². The molecule has 1 aliphatic rings.